The van der Waals surface area contributed by atoms with Crippen molar-refractivity contribution in [3.05, 3.63) is 89.0 Å². The van der Waals surface area contributed by atoms with E-state index in [0.717, 1.165) is 42.3 Å². The molecule has 0 radical (unpaired) electrons. The van der Waals surface area contributed by atoms with Crippen molar-refractivity contribution < 1.29 is 14.5 Å². The van der Waals surface area contributed by atoms with Gasteiger partial charge in [0.2, 0.25) is 5.91 Å². The van der Waals surface area contributed by atoms with Gasteiger partial charge in [-0.05, 0) is 42.8 Å². The normalized spacial score (nSPS) is 14.8. The minimum Gasteiger partial charge on any atom is -0.352 e. The van der Waals surface area contributed by atoms with Gasteiger partial charge in [0.15, 0.2) is 0 Å². The minimum absolute atomic E-state index is 0.113. The molecule has 34 heavy (non-hydrogen) atoms. The summed E-state index contributed by atoms with van der Waals surface area (Å²) >= 11 is 1.57. The number of amides is 2. The fourth-order valence-electron chi connectivity index (χ4n) is 4.28. The van der Waals surface area contributed by atoms with Gasteiger partial charge in [-0.3, -0.25) is 9.59 Å². The summed E-state index contributed by atoms with van der Waals surface area (Å²) in [5.41, 5.74) is 5.32. The van der Waals surface area contributed by atoms with E-state index in [1.165, 1.54) is 23.6 Å². The average molecular weight is 475 g/mol. The van der Waals surface area contributed by atoms with Crippen LogP contribution in [0.5, 0.6) is 0 Å². The first-order valence-corrected chi connectivity index (χ1v) is 12.6. The fraction of sp³-hybridized carbons (Fsp3) is 0.286. The Kier molecular flexibility index (Phi) is 8.03. The Labute approximate surface area is 205 Å². The van der Waals surface area contributed by atoms with Gasteiger partial charge in [0.05, 0.1) is 18.8 Å². The van der Waals surface area contributed by atoms with E-state index in [1.807, 2.05) is 12.1 Å². The van der Waals surface area contributed by atoms with Crippen LogP contribution >= 0.6 is 11.8 Å². The van der Waals surface area contributed by atoms with Gasteiger partial charge in [-0.2, -0.15) is 0 Å². The van der Waals surface area contributed by atoms with E-state index >= 15 is 0 Å². The monoisotopic (exact) mass is 474 g/mol. The lowest BCUT2D eigenvalue weighted by molar-refractivity contribution is -0.916. The van der Waals surface area contributed by atoms with Crippen molar-refractivity contribution >= 4 is 29.3 Å². The Balaban J connectivity index is 1.32. The van der Waals surface area contributed by atoms with Gasteiger partial charge < -0.3 is 15.5 Å². The molecule has 0 fully saturated rings. The van der Waals surface area contributed by atoms with Crippen molar-refractivity contribution in [1.29, 1.82) is 0 Å². The van der Waals surface area contributed by atoms with E-state index in [9.17, 15) is 9.59 Å². The number of carbonyl (C=O) groups excluding carboxylic acids is 2. The van der Waals surface area contributed by atoms with Crippen molar-refractivity contribution in [2.45, 2.75) is 43.0 Å². The number of nitrogens with one attached hydrogen (secondary N) is 3. The Hall–Kier alpha value is -3.09. The van der Waals surface area contributed by atoms with Crippen LogP contribution in [0.15, 0.2) is 76.5 Å². The molecule has 1 aliphatic rings. The Bertz CT molecular complexity index is 1160. The number of anilines is 1. The second kappa shape index (κ2) is 11.4. The Morgan fingerprint density at radius 3 is 2.53 bits per heavy atom. The summed E-state index contributed by atoms with van der Waals surface area (Å²) in [6.07, 6.45) is 2.06. The second-order valence-corrected chi connectivity index (χ2v) is 9.98. The maximum atomic E-state index is 12.8. The van der Waals surface area contributed by atoms with E-state index in [2.05, 4.69) is 66.1 Å². The molecule has 3 N–H and O–H groups in total. The number of quaternary nitrogens is 1. The van der Waals surface area contributed by atoms with Crippen LogP contribution in [0.25, 0.3) is 0 Å². The molecule has 0 bridgehead atoms. The molecular weight excluding hydrogens is 442 g/mol. The standard InChI is InChI=1S/C28H31N3O2S/c1-20-8-11-25(12-9-20)34-27-13-10-23(18-26(27)30-21(2)32)28(33)29-15-5-16-31-17-14-22-6-3-4-7-24(22)19-31/h3-4,6-13,18H,5,14-17,19H2,1-2H3,(H,29,33)(H,30,32)/p+1. The zero-order valence-corrected chi connectivity index (χ0v) is 20.6. The average Bonchev–Trinajstić information content (AvgIpc) is 2.83. The van der Waals surface area contributed by atoms with Gasteiger partial charge in [-0.25, -0.2) is 0 Å². The predicted molar refractivity (Wildman–Crippen MR) is 138 cm³/mol. The summed E-state index contributed by atoms with van der Waals surface area (Å²) in [7, 11) is 0. The maximum Gasteiger partial charge on any atom is 0.251 e. The van der Waals surface area contributed by atoms with Gasteiger partial charge in [0, 0.05) is 47.2 Å². The van der Waals surface area contributed by atoms with Gasteiger partial charge in [0.25, 0.3) is 5.91 Å². The third-order valence-electron chi connectivity index (χ3n) is 6.10. The number of rotatable bonds is 8. The van der Waals surface area contributed by atoms with Gasteiger partial charge >= 0.3 is 0 Å². The van der Waals surface area contributed by atoms with Gasteiger partial charge in [0.1, 0.15) is 6.54 Å². The zero-order chi connectivity index (χ0) is 23.9. The molecule has 1 aliphatic heterocycles. The van der Waals surface area contributed by atoms with Crippen LogP contribution in [0.2, 0.25) is 0 Å². The van der Waals surface area contributed by atoms with E-state index in [0.29, 0.717) is 17.8 Å². The molecule has 0 saturated heterocycles. The highest BCUT2D eigenvalue weighted by atomic mass is 32.2. The lowest BCUT2D eigenvalue weighted by Gasteiger charge is -2.25. The minimum atomic E-state index is -0.158. The molecule has 176 valence electrons. The predicted octanol–water partition coefficient (Wildman–Crippen LogP) is 3.87. The van der Waals surface area contributed by atoms with E-state index in [-0.39, 0.29) is 11.8 Å². The molecule has 0 spiro atoms. The van der Waals surface area contributed by atoms with Crippen LogP contribution in [0.1, 0.15) is 40.4 Å². The zero-order valence-electron chi connectivity index (χ0n) is 19.8. The van der Waals surface area contributed by atoms with E-state index in [4.69, 9.17) is 0 Å². The molecule has 0 aliphatic carbocycles. The second-order valence-electron chi connectivity index (χ2n) is 8.86. The molecule has 0 saturated carbocycles. The molecule has 3 aromatic rings. The van der Waals surface area contributed by atoms with Gasteiger partial charge in [-0.1, -0.05) is 53.7 Å². The van der Waals surface area contributed by atoms with E-state index in [1.54, 1.807) is 22.7 Å². The molecular formula is C28H32N3O2S+. The lowest BCUT2D eigenvalue weighted by atomic mass is 10.00. The van der Waals surface area contributed by atoms with Crippen LogP contribution in [-0.2, 0) is 17.8 Å². The molecule has 5 nitrogen and oxygen atoms in total. The van der Waals surface area contributed by atoms with Crippen LogP contribution in [0.4, 0.5) is 5.69 Å². The van der Waals surface area contributed by atoms with Crippen LogP contribution in [0, 0.1) is 6.92 Å². The Morgan fingerprint density at radius 2 is 1.76 bits per heavy atom. The van der Waals surface area contributed by atoms with Crippen molar-refractivity contribution in [3.63, 3.8) is 0 Å². The van der Waals surface area contributed by atoms with Crippen molar-refractivity contribution in [3.8, 4) is 0 Å². The SMILES string of the molecule is CC(=O)Nc1cc(C(=O)NCCC[NH+]2CCc3ccccc3C2)ccc1Sc1ccc(C)cc1. The quantitative estimate of drug-likeness (QED) is 0.435. The first-order chi connectivity index (χ1) is 16.5. The van der Waals surface area contributed by atoms with Crippen molar-refractivity contribution in [2.24, 2.45) is 0 Å². The maximum absolute atomic E-state index is 12.8. The Morgan fingerprint density at radius 1 is 1.00 bits per heavy atom. The molecule has 4 rings (SSSR count). The summed E-state index contributed by atoms with van der Waals surface area (Å²) in [6, 6.07) is 22.4. The molecule has 1 heterocycles. The number of hydrogen-bond donors (Lipinski definition) is 3. The lowest BCUT2D eigenvalue weighted by Crippen LogP contribution is -3.11. The molecule has 1 atom stereocenters. The van der Waals surface area contributed by atoms with Gasteiger partial charge in [-0.15, -0.1) is 0 Å². The smallest absolute Gasteiger partial charge is 0.251 e. The molecule has 6 heteroatoms. The topological polar surface area (TPSA) is 62.6 Å². The molecule has 3 aromatic carbocycles. The number of hydrogen-bond acceptors (Lipinski definition) is 3. The summed E-state index contributed by atoms with van der Waals surface area (Å²) < 4.78 is 0. The largest absolute Gasteiger partial charge is 0.352 e. The molecule has 1 unspecified atom stereocenters. The highest BCUT2D eigenvalue weighted by Crippen LogP contribution is 2.34. The van der Waals surface area contributed by atoms with Crippen molar-refractivity contribution in [2.75, 3.05) is 25.0 Å². The highest BCUT2D eigenvalue weighted by Gasteiger charge is 2.18. The fourth-order valence-corrected chi connectivity index (χ4v) is 5.16. The van der Waals surface area contributed by atoms with Crippen molar-refractivity contribution in [1.82, 2.24) is 5.32 Å². The first-order valence-electron chi connectivity index (χ1n) is 11.8. The highest BCUT2D eigenvalue weighted by molar-refractivity contribution is 7.99. The number of benzene rings is 3. The first kappa shape index (κ1) is 24.0. The number of fused-ring (bicyclic) bond motifs is 1. The number of aryl methyl sites for hydroxylation is 1. The summed E-state index contributed by atoms with van der Waals surface area (Å²) in [6.45, 7) is 7.42. The summed E-state index contributed by atoms with van der Waals surface area (Å²) in [5.74, 6) is -0.271. The van der Waals surface area contributed by atoms with Crippen LogP contribution in [0.3, 0.4) is 0 Å². The summed E-state index contributed by atoms with van der Waals surface area (Å²) in [5, 5.41) is 5.92. The van der Waals surface area contributed by atoms with E-state index < -0.39 is 0 Å². The third-order valence-corrected chi connectivity index (χ3v) is 7.18. The third kappa shape index (κ3) is 6.49. The van der Waals surface area contributed by atoms with Crippen LogP contribution < -0.4 is 15.5 Å². The number of carbonyl (C=O) groups is 2. The summed E-state index contributed by atoms with van der Waals surface area (Å²) in [4.78, 5) is 28.1. The molecule has 2 amide bonds. The molecule has 0 aromatic heterocycles. The van der Waals surface area contributed by atoms with Crippen LogP contribution in [-0.4, -0.2) is 31.4 Å².